The van der Waals surface area contributed by atoms with Crippen LogP contribution in [0, 0.1) is 32.6 Å². The molecule has 72 valence electrons. The smallest absolute Gasteiger partial charge is 0.358 e. The predicted molar refractivity (Wildman–Crippen MR) is 44.4 cm³/mol. The van der Waals surface area contributed by atoms with Gasteiger partial charge in [-0.05, 0) is 4.92 Å². The summed E-state index contributed by atoms with van der Waals surface area (Å²) in [6, 6.07) is 0. The highest BCUT2D eigenvalue weighted by molar-refractivity contribution is 5.44. The van der Waals surface area contributed by atoms with Crippen molar-refractivity contribution in [3.63, 3.8) is 0 Å². The first-order chi connectivity index (χ1) is 6.56. The Morgan fingerprint density at radius 3 is 2.50 bits per heavy atom. The van der Waals surface area contributed by atoms with Gasteiger partial charge in [0, 0.05) is 0 Å². The Morgan fingerprint density at radius 1 is 1.50 bits per heavy atom. The van der Waals surface area contributed by atoms with Crippen LogP contribution in [-0.2, 0) is 6.54 Å². The molecule has 0 aliphatic carbocycles. The molecule has 8 heteroatoms. The number of rotatable bonds is 3. The van der Waals surface area contributed by atoms with E-state index in [4.69, 9.17) is 6.42 Å². The normalized spacial score (nSPS) is 9.36. The summed E-state index contributed by atoms with van der Waals surface area (Å²) in [5.41, 5.74) is -0.662. The molecule has 0 aromatic carbocycles. The van der Waals surface area contributed by atoms with Gasteiger partial charge in [-0.3, -0.25) is 10.1 Å². The Labute approximate surface area is 77.4 Å². The zero-order valence-corrected chi connectivity index (χ0v) is 6.78. The third-order valence-electron chi connectivity index (χ3n) is 1.35. The van der Waals surface area contributed by atoms with Gasteiger partial charge in [0.25, 0.3) is 0 Å². The maximum atomic E-state index is 10.3. The van der Waals surface area contributed by atoms with Gasteiger partial charge in [-0.25, -0.2) is 0 Å². The predicted octanol–water partition coefficient (Wildman–Crippen LogP) is 0.333. The van der Waals surface area contributed by atoms with Crippen LogP contribution in [0.15, 0.2) is 6.20 Å². The van der Waals surface area contributed by atoms with Gasteiger partial charge in [-0.15, -0.1) is 6.42 Å². The number of hydrogen-bond donors (Lipinski definition) is 0. The molecule has 1 aromatic heterocycles. The van der Waals surface area contributed by atoms with E-state index >= 15 is 0 Å². The molecule has 0 aliphatic heterocycles. The van der Waals surface area contributed by atoms with Gasteiger partial charge in [0.15, 0.2) is 0 Å². The molecule has 0 atom stereocenters. The molecule has 0 amide bonds. The maximum absolute atomic E-state index is 10.3. The lowest BCUT2D eigenvalue weighted by atomic mass is 10.5. The molecular formula is C6H4N4O4. The minimum Gasteiger partial charge on any atom is -0.358 e. The highest BCUT2D eigenvalue weighted by Gasteiger charge is 2.30. The van der Waals surface area contributed by atoms with Crippen molar-refractivity contribution in [1.82, 2.24) is 9.78 Å². The number of nitrogens with zero attached hydrogens (tertiary/aromatic N) is 4. The molecule has 0 saturated heterocycles. The Balaban J connectivity index is 3.20. The zero-order chi connectivity index (χ0) is 10.7. The minimum absolute atomic E-state index is 0.0469. The largest absolute Gasteiger partial charge is 0.467 e. The van der Waals surface area contributed by atoms with Crippen LogP contribution in [0.4, 0.5) is 11.5 Å². The average molecular weight is 196 g/mol. The summed E-state index contributed by atoms with van der Waals surface area (Å²) in [6.45, 7) is -0.0469. The van der Waals surface area contributed by atoms with E-state index in [1.54, 1.807) is 0 Å². The molecule has 0 bridgehead atoms. The average Bonchev–Trinajstić information content (AvgIpc) is 2.49. The first-order valence-electron chi connectivity index (χ1n) is 3.36. The van der Waals surface area contributed by atoms with E-state index in [1.807, 2.05) is 0 Å². The van der Waals surface area contributed by atoms with E-state index in [-0.39, 0.29) is 6.54 Å². The monoisotopic (exact) mass is 196 g/mol. The highest BCUT2D eigenvalue weighted by atomic mass is 16.6. The van der Waals surface area contributed by atoms with Gasteiger partial charge >= 0.3 is 11.5 Å². The van der Waals surface area contributed by atoms with Gasteiger partial charge in [0.2, 0.25) is 0 Å². The summed E-state index contributed by atoms with van der Waals surface area (Å²) >= 11 is 0. The topological polar surface area (TPSA) is 104 Å². The zero-order valence-electron chi connectivity index (χ0n) is 6.78. The molecule has 8 nitrogen and oxygen atoms in total. The molecule has 1 aromatic rings. The van der Waals surface area contributed by atoms with Crippen LogP contribution in [0.25, 0.3) is 0 Å². The summed E-state index contributed by atoms with van der Waals surface area (Å²) in [4.78, 5) is 18.9. The SMILES string of the molecule is C#CCn1cc([N+](=O)[O-])c([N+](=O)[O-])n1. The maximum Gasteiger partial charge on any atom is 0.467 e. The Kier molecular flexibility index (Phi) is 2.43. The summed E-state index contributed by atoms with van der Waals surface area (Å²) < 4.78 is 0.969. The van der Waals surface area contributed by atoms with E-state index in [2.05, 4.69) is 11.0 Å². The van der Waals surface area contributed by atoms with Crippen molar-refractivity contribution >= 4 is 11.5 Å². The van der Waals surface area contributed by atoms with E-state index in [9.17, 15) is 20.2 Å². The Morgan fingerprint density at radius 2 is 2.14 bits per heavy atom. The Hall–Kier alpha value is -2.43. The number of hydrogen-bond acceptors (Lipinski definition) is 5. The minimum atomic E-state index is -0.925. The van der Waals surface area contributed by atoms with Crippen molar-refractivity contribution in [2.75, 3.05) is 0 Å². The van der Waals surface area contributed by atoms with Gasteiger partial charge in [-0.1, -0.05) is 5.92 Å². The summed E-state index contributed by atoms with van der Waals surface area (Å²) in [5.74, 6) is 1.36. The van der Waals surface area contributed by atoms with Crippen LogP contribution in [0.1, 0.15) is 0 Å². The lowest BCUT2D eigenvalue weighted by Gasteiger charge is -1.85. The van der Waals surface area contributed by atoms with Crippen molar-refractivity contribution in [1.29, 1.82) is 0 Å². The Bertz CT molecular complexity index is 398. The lowest BCUT2D eigenvalue weighted by Crippen LogP contribution is -1.97. The molecule has 0 N–H and O–H groups in total. The van der Waals surface area contributed by atoms with E-state index in [0.29, 0.717) is 0 Å². The number of nitro groups is 2. The first-order valence-corrected chi connectivity index (χ1v) is 3.36. The molecule has 0 spiro atoms. The first kappa shape index (κ1) is 9.66. The van der Waals surface area contributed by atoms with Crippen molar-refractivity contribution in [3.05, 3.63) is 26.4 Å². The van der Waals surface area contributed by atoms with Crippen LogP contribution < -0.4 is 0 Å². The quantitative estimate of drug-likeness (QED) is 0.393. The van der Waals surface area contributed by atoms with Crippen molar-refractivity contribution in [2.45, 2.75) is 6.54 Å². The van der Waals surface area contributed by atoms with E-state index in [0.717, 1.165) is 10.9 Å². The van der Waals surface area contributed by atoms with Gasteiger partial charge in [-0.2, -0.15) is 4.68 Å². The van der Waals surface area contributed by atoms with Crippen LogP contribution in [0.5, 0.6) is 0 Å². The van der Waals surface area contributed by atoms with Crippen LogP contribution in [0.2, 0.25) is 0 Å². The highest BCUT2D eigenvalue weighted by Crippen LogP contribution is 2.23. The molecule has 0 radical (unpaired) electrons. The number of terminal acetylenes is 1. The van der Waals surface area contributed by atoms with E-state index < -0.39 is 21.4 Å². The van der Waals surface area contributed by atoms with Crippen molar-refractivity contribution < 1.29 is 9.85 Å². The molecular weight excluding hydrogens is 192 g/mol. The number of aromatic nitrogens is 2. The molecule has 1 rings (SSSR count). The molecule has 0 unspecified atom stereocenters. The van der Waals surface area contributed by atoms with E-state index in [1.165, 1.54) is 0 Å². The second-order valence-corrected chi connectivity index (χ2v) is 2.25. The lowest BCUT2D eigenvalue weighted by molar-refractivity contribution is -0.424. The third kappa shape index (κ3) is 1.66. The molecule has 14 heavy (non-hydrogen) atoms. The fourth-order valence-electron chi connectivity index (χ4n) is 0.834. The van der Waals surface area contributed by atoms with Crippen LogP contribution >= 0.6 is 0 Å². The third-order valence-corrected chi connectivity index (χ3v) is 1.35. The second-order valence-electron chi connectivity index (χ2n) is 2.25. The fraction of sp³-hybridized carbons (Fsp3) is 0.167. The van der Waals surface area contributed by atoms with Crippen molar-refractivity contribution in [2.24, 2.45) is 0 Å². The molecule has 0 fully saturated rings. The van der Waals surface area contributed by atoms with Gasteiger partial charge in [0.05, 0.1) is 10.0 Å². The summed E-state index contributed by atoms with van der Waals surface area (Å²) in [5, 5.41) is 24.0. The molecule has 0 saturated carbocycles. The molecule has 1 heterocycles. The summed E-state index contributed by atoms with van der Waals surface area (Å²) in [6.07, 6.45) is 5.85. The van der Waals surface area contributed by atoms with Crippen molar-refractivity contribution in [3.8, 4) is 12.3 Å². The van der Waals surface area contributed by atoms with Gasteiger partial charge < -0.3 is 10.1 Å². The second kappa shape index (κ2) is 3.53. The van der Waals surface area contributed by atoms with Crippen LogP contribution in [0.3, 0.4) is 0 Å². The standard InChI is InChI=1S/C6H4N4O4/c1-2-3-8-4-5(9(11)12)6(7-8)10(13)14/h1,4H,3H2. The fourth-order valence-corrected chi connectivity index (χ4v) is 0.834. The summed E-state index contributed by atoms with van der Waals surface area (Å²) in [7, 11) is 0. The van der Waals surface area contributed by atoms with Crippen LogP contribution in [-0.4, -0.2) is 19.6 Å². The molecule has 0 aliphatic rings. The van der Waals surface area contributed by atoms with Gasteiger partial charge in [0.1, 0.15) is 12.7 Å².